The Morgan fingerprint density at radius 2 is 1.23 bits per heavy atom. The third-order valence-corrected chi connectivity index (χ3v) is 11.1. The van der Waals surface area contributed by atoms with E-state index in [0.717, 1.165) is 19.3 Å². The van der Waals surface area contributed by atoms with E-state index in [1.54, 1.807) is 33.8 Å². The molecule has 15 nitrogen and oxygen atoms in total. The first-order valence-corrected chi connectivity index (χ1v) is 19.9. The van der Waals surface area contributed by atoms with Crippen LogP contribution in [0.2, 0.25) is 0 Å². The van der Waals surface area contributed by atoms with Crippen molar-refractivity contribution < 1.29 is 75.2 Å². The van der Waals surface area contributed by atoms with E-state index in [1.807, 2.05) is 19.9 Å². The highest BCUT2D eigenvalue weighted by Gasteiger charge is 2.46. The molecule has 15 heteroatoms. The summed E-state index contributed by atoms with van der Waals surface area (Å²) in [5.74, 6) is -1.54. The summed E-state index contributed by atoms with van der Waals surface area (Å²) in [6.45, 7) is 16.5. The van der Waals surface area contributed by atoms with Gasteiger partial charge in [-0.05, 0) is 62.5 Å². The number of carbonyl (C=O) groups is 1. The smallest absolute Gasteiger partial charge is 0.333 e. The predicted molar refractivity (Wildman–Crippen MR) is 209 cm³/mol. The summed E-state index contributed by atoms with van der Waals surface area (Å²) < 4.78 is 17.2. The van der Waals surface area contributed by atoms with Crippen molar-refractivity contribution in [2.45, 2.75) is 162 Å². The third kappa shape index (κ3) is 15.4. The van der Waals surface area contributed by atoms with Gasteiger partial charge in [-0.25, -0.2) is 4.79 Å². The van der Waals surface area contributed by atoms with Crippen LogP contribution in [0.3, 0.4) is 0 Å². The second-order valence-corrected chi connectivity index (χ2v) is 16.4. The molecule has 1 saturated heterocycles. The zero-order chi connectivity index (χ0) is 43.2. The number of aliphatic hydroxyl groups is 11. The van der Waals surface area contributed by atoms with Crippen molar-refractivity contribution >= 4 is 5.97 Å². The normalized spacial score (nSPS) is 28.5. The lowest BCUT2D eigenvalue weighted by Crippen LogP contribution is -2.60. The number of hydrogen-bond donors (Lipinski definition) is 11. The second-order valence-electron chi connectivity index (χ2n) is 16.4. The first kappa shape index (κ1) is 52.2. The summed E-state index contributed by atoms with van der Waals surface area (Å²) in [6, 6.07) is 0. The van der Waals surface area contributed by atoms with Crippen LogP contribution < -0.4 is 0 Å². The van der Waals surface area contributed by atoms with E-state index in [2.05, 4.69) is 20.8 Å². The molecular formula is C41H74O15. The highest BCUT2D eigenvalue weighted by molar-refractivity contribution is 5.88. The quantitative estimate of drug-likeness (QED) is 0.0365. The standard InChI is InChI=1S/C41H74O15/c1-11-20(2)12-21(3)13-26(8)39(56-41-38(52)37(51)36(50)31(19-44)55-41)27(9)15-24(6)32(46)22(4)14-23(5)33(47)25(7)16-28(10)40(53)54-30(18-43)35(49)34(48)29(45)17-42/h14-16,20-22,25-27,29-39,41-52H,11-13,17-19H2,1-10H3/b23-14+,24-15+,28-16+/t20-,21-,22-,25-,26-,27-,29+,30+,31+,32-,33+,34+,35-,36+,37-,38-,39+,41-/m0/s1. The minimum atomic E-state index is -1.88. The Kier molecular flexibility index (Phi) is 23.2. The molecule has 0 aliphatic carbocycles. The summed E-state index contributed by atoms with van der Waals surface area (Å²) in [5.41, 5.74) is 1.17. The van der Waals surface area contributed by atoms with Crippen molar-refractivity contribution in [3.8, 4) is 0 Å². The monoisotopic (exact) mass is 807 g/mol. The van der Waals surface area contributed by atoms with E-state index < -0.39 is 111 Å². The zero-order valence-corrected chi connectivity index (χ0v) is 34.9. The minimum Gasteiger partial charge on any atom is -0.454 e. The average Bonchev–Trinajstić information content (AvgIpc) is 3.16. The van der Waals surface area contributed by atoms with Crippen molar-refractivity contribution in [1.82, 2.24) is 0 Å². The van der Waals surface area contributed by atoms with Gasteiger partial charge in [0.25, 0.3) is 0 Å². The molecule has 11 N–H and O–H groups in total. The Morgan fingerprint density at radius 1 is 0.696 bits per heavy atom. The fraction of sp³-hybridized carbons (Fsp3) is 0.829. The molecule has 0 radical (unpaired) electrons. The van der Waals surface area contributed by atoms with Crippen LogP contribution >= 0.6 is 0 Å². The number of carbonyl (C=O) groups excluding carboxylic acids is 1. The van der Waals surface area contributed by atoms with Gasteiger partial charge in [0.2, 0.25) is 0 Å². The van der Waals surface area contributed by atoms with Crippen molar-refractivity contribution in [2.75, 3.05) is 19.8 Å². The van der Waals surface area contributed by atoms with Crippen LogP contribution in [-0.4, -0.2) is 155 Å². The highest BCUT2D eigenvalue weighted by atomic mass is 16.7. The molecule has 1 aliphatic rings. The molecule has 56 heavy (non-hydrogen) atoms. The lowest BCUT2D eigenvalue weighted by atomic mass is 9.82. The molecule has 0 unspecified atom stereocenters. The zero-order valence-electron chi connectivity index (χ0n) is 34.9. The van der Waals surface area contributed by atoms with Gasteiger partial charge in [0, 0.05) is 23.3 Å². The van der Waals surface area contributed by atoms with E-state index in [4.69, 9.17) is 19.3 Å². The molecule has 328 valence electrons. The van der Waals surface area contributed by atoms with E-state index in [9.17, 15) is 55.9 Å². The van der Waals surface area contributed by atoms with Crippen LogP contribution in [0.1, 0.15) is 88.5 Å². The van der Waals surface area contributed by atoms with Crippen LogP contribution in [0.5, 0.6) is 0 Å². The van der Waals surface area contributed by atoms with Crippen LogP contribution in [0.4, 0.5) is 0 Å². The topological polar surface area (TPSA) is 267 Å². The molecule has 1 aliphatic heterocycles. The number of aliphatic hydroxyl groups excluding tert-OH is 11. The lowest BCUT2D eigenvalue weighted by molar-refractivity contribution is -0.317. The van der Waals surface area contributed by atoms with Gasteiger partial charge in [-0.3, -0.25) is 0 Å². The molecule has 0 aromatic rings. The molecule has 0 aromatic carbocycles. The summed E-state index contributed by atoms with van der Waals surface area (Å²) in [5, 5.41) is 112. The van der Waals surface area contributed by atoms with Gasteiger partial charge in [0.15, 0.2) is 12.4 Å². The van der Waals surface area contributed by atoms with Crippen LogP contribution in [0.15, 0.2) is 34.9 Å². The van der Waals surface area contributed by atoms with E-state index in [1.165, 1.54) is 13.0 Å². The molecule has 0 saturated carbocycles. The molecule has 1 fully saturated rings. The predicted octanol–water partition coefficient (Wildman–Crippen LogP) is 0.718. The minimum absolute atomic E-state index is 0.0389. The van der Waals surface area contributed by atoms with Crippen LogP contribution in [0, 0.1) is 35.5 Å². The van der Waals surface area contributed by atoms with Gasteiger partial charge in [0.05, 0.1) is 38.1 Å². The van der Waals surface area contributed by atoms with Crippen molar-refractivity contribution in [2.24, 2.45) is 35.5 Å². The highest BCUT2D eigenvalue weighted by Crippen LogP contribution is 2.33. The average molecular weight is 807 g/mol. The lowest BCUT2D eigenvalue weighted by Gasteiger charge is -2.42. The van der Waals surface area contributed by atoms with Gasteiger partial charge in [-0.2, -0.15) is 0 Å². The van der Waals surface area contributed by atoms with Gasteiger partial charge in [-0.15, -0.1) is 0 Å². The van der Waals surface area contributed by atoms with E-state index in [0.29, 0.717) is 23.0 Å². The Hall–Kier alpha value is -1.83. The maximum absolute atomic E-state index is 12.7. The largest absolute Gasteiger partial charge is 0.454 e. The summed E-state index contributed by atoms with van der Waals surface area (Å²) in [4.78, 5) is 12.7. The van der Waals surface area contributed by atoms with Crippen molar-refractivity contribution in [1.29, 1.82) is 0 Å². The first-order valence-electron chi connectivity index (χ1n) is 19.9. The van der Waals surface area contributed by atoms with Gasteiger partial charge in [-0.1, -0.05) is 73.1 Å². The van der Waals surface area contributed by atoms with Gasteiger partial charge >= 0.3 is 5.97 Å². The SMILES string of the molecule is CC[C@H](C)C[C@H](C)C[C@H](C)[C@@H](O[C@@H]1O[C@H](CO)[C@@H](O)[C@H](O)[C@@H]1O)[C@@H](C)/C=C(\C)[C@@H](O)[C@@H](C)/C=C(\C)[C@@H](O)[C@@H](C)/C=C(\C)C(=O)O[C@H](CO)[C@H](O)[C@H](O)[C@H](O)CO. The summed E-state index contributed by atoms with van der Waals surface area (Å²) in [7, 11) is 0. The van der Waals surface area contributed by atoms with Crippen LogP contribution in [-0.2, 0) is 19.0 Å². The summed E-state index contributed by atoms with van der Waals surface area (Å²) in [6.07, 6.45) is -8.91. The molecule has 18 atom stereocenters. The maximum atomic E-state index is 12.7. The van der Waals surface area contributed by atoms with Gasteiger partial charge in [0.1, 0.15) is 42.7 Å². The molecule has 1 rings (SSSR count). The Bertz CT molecular complexity index is 1240. The van der Waals surface area contributed by atoms with E-state index in [-0.39, 0.29) is 17.4 Å². The molecule has 1 heterocycles. The number of ether oxygens (including phenoxy) is 3. The fourth-order valence-electron chi connectivity index (χ4n) is 7.43. The Morgan fingerprint density at radius 3 is 1.73 bits per heavy atom. The molecule has 0 aromatic heterocycles. The number of rotatable bonds is 24. The maximum Gasteiger partial charge on any atom is 0.333 e. The van der Waals surface area contributed by atoms with E-state index >= 15 is 0 Å². The second kappa shape index (κ2) is 24.9. The van der Waals surface area contributed by atoms with Crippen molar-refractivity contribution in [3.63, 3.8) is 0 Å². The molecule has 0 spiro atoms. The fourth-order valence-corrected chi connectivity index (χ4v) is 7.43. The summed E-state index contributed by atoms with van der Waals surface area (Å²) >= 11 is 0. The number of hydrogen-bond acceptors (Lipinski definition) is 15. The molecule has 0 bridgehead atoms. The molecular weight excluding hydrogens is 732 g/mol. The van der Waals surface area contributed by atoms with Crippen LogP contribution in [0.25, 0.3) is 0 Å². The van der Waals surface area contributed by atoms with Gasteiger partial charge < -0.3 is 70.4 Å². The van der Waals surface area contributed by atoms with Crippen molar-refractivity contribution in [3.05, 3.63) is 34.9 Å². The third-order valence-electron chi connectivity index (χ3n) is 11.1. The Balaban J connectivity index is 3.18. The Labute approximate surface area is 333 Å². The molecule has 0 amide bonds. The first-order chi connectivity index (χ1) is 26.1. The number of esters is 1.